The van der Waals surface area contributed by atoms with Crippen LogP contribution in [0.4, 0.5) is 0 Å². The summed E-state index contributed by atoms with van der Waals surface area (Å²) in [4.78, 5) is 43.8. The SMILES string of the molecule is COc1ccc(COCC(NC(=O)C(C)(C)N)C(=O)N2CCCC3(C2)C(=O)N(C)CC3c2ccccc2)cc1. The van der Waals surface area contributed by atoms with Crippen LogP contribution in [-0.2, 0) is 25.7 Å². The molecule has 0 saturated carbocycles. The molecule has 2 fully saturated rings. The predicted molar refractivity (Wildman–Crippen MR) is 148 cm³/mol. The average Bonchev–Trinajstić information content (AvgIpc) is 3.17. The van der Waals surface area contributed by atoms with E-state index in [0.717, 1.165) is 16.9 Å². The van der Waals surface area contributed by atoms with Gasteiger partial charge in [0.25, 0.3) is 0 Å². The van der Waals surface area contributed by atoms with Crippen LogP contribution in [0, 0.1) is 5.41 Å². The summed E-state index contributed by atoms with van der Waals surface area (Å²) >= 11 is 0. The molecule has 39 heavy (non-hydrogen) atoms. The Kier molecular flexibility index (Phi) is 8.61. The van der Waals surface area contributed by atoms with Gasteiger partial charge in [0, 0.05) is 32.6 Å². The van der Waals surface area contributed by atoms with Crippen LogP contribution in [0.25, 0.3) is 0 Å². The molecule has 2 aliphatic heterocycles. The van der Waals surface area contributed by atoms with Crippen LogP contribution < -0.4 is 15.8 Å². The Hall–Kier alpha value is -3.43. The molecule has 3 amide bonds. The van der Waals surface area contributed by atoms with Gasteiger partial charge in [-0.05, 0) is 49.9 Å². The summed E-state index contributed by atoms with van der Waals surface area (Å²) in [6.07, 6.45) is 1.41. The number of carbonyl (C=O) groups is 3. The van der Waals surface area contributed by atoms with Crippen molar-refractivity contribution in [2.45, 2.75) is 50.8 Å². The van der Waals surface area contributed by atoms with Gasteiger partial charge in [-0.2, -0.15) is 0 Å². The Morgan fingerprint density at radius 3 is 2.49 bits per heavy atom. The predicted octanol–water partition coefficient (Wildman–Crippen LogP) is 2.30. The molecule has 0 radical (unpaired) electrons. The zero-order valence-corrected chi connectivity index (χ0v) is 23.3. The Morgan fingerprint density at radius 2 is 1.85 bits per heavy atom. The maximum absolute atomic E-state index is 13.9. The molecule has 3 unspecified atom stereocenters. The molecule has 0 aromatic heterocycles. The number of carbonyl (C=O) groups excluding carboxylic acids is 3. The van der Waals surface area contributed by atoms with Gasteiger partial charge in [-0.15, -0.1) is 0 Å². The number of rotatable bonds is 9. The van der Waals surface area contributed by atoms with E-state index in [4.69, 9.17) is 15.2 Å². The van der Waals surface area contributed by atoms with Gasteiger partial charge in [0.15, 0.2) is 0 Å². The van der Waals surface area contributed by atoms with Crippen molar-refractivity contribution in [1.29, 1.82) is 0 Å². The monoisotopic (exact) mass is 536 g/mol. The summed E-state index contributed by atoms with van der Waals surface area (Å²) in [6, 6.07) is 16.6. The third kappa shape index (κ3) is 6.25. The van der Waals surface area contributed by atoms with E-state index in [-0.39, 0.29) is 30.9 Å². The Labute approximate surface area is 230 Å². The fourth-order valence-corrected chi connectivity index (χ4v) is 5.66. The Morgan fingerprint density at radius 1 is 1.15 bits per heavy atom. The van der Waals surface area contributed by atoms with Crippen molar-refractivity contribution in [3.63, 3.8) is 0 Å². The fraction of sp³-hybridized carbons (Fsp3) is 0.500. The van der Waals surface area contributed by atoms with E-state index in [0.29, 0.717) is 32.5 Å². The highest BCUT2D eigenvalue weighted by molar-refractivity contribution is 5.92. The van der Waals surface area contributed by atoms with Crippen molar-refractivity contribution in [2.24, 2.45) is 11.1 Å². The van der Waals surface area contributed by atoms with Crippen molar-refractivity contribution in [3.8, 4) is 5.75 Å². The molecule has 0 aliphatic carbocycles. The van der Waals surface area contributed by atoms with Gasteiger partial charge in [-0.25, -0.2) is 0 Å². The lowest BCUT2D eigenvalue weighted by Crippen LogP contribution is -2.60. The van der Waals surface area contributed by atoms with E-state index in [9.17, 15) is 14.4 Å². The van der Waals surface area contributed by atoms with E-state index in [1.807, 2.05) is 49.5 Å². The molecule has 2 heterocycles. The largest absolute Gasteiger partial charge is 0.497 e. The van der Waals surface area contributed by atoms with E-state index in [1.165, 1.54) is 0 Å². The summed E-state index contributed by atoms with van der Waals surface area (Å²) in [5.74, 6) is 0.0710. The number of likely N-dealkylation sites (tertiary alicyclic amines) is 2. The number of nitrogens with two attached hydrogens (primary N) is 1. The van der Waals surface area contributed by atoms with E-state index in [2.05, 4.69) is 17.4 Å². The summed E-state index contributed by atoms with van der Waals surface area (Å²) in [5, 5.41) is 2.80. The number of piperidine rings is 1. The second-order valence-electron chi connectivity index (χ2n) is 11.3. The van der Waals surface area contributed by atoms with Crippen LogP contribution in [-0.4, -0.2) is 79.5 Å². The van der Waals surface area contributed by atoms with Crippen LogP contribution in [0.3, 0.4) is 0 Å². The topological polar surface area (TPSA) is 114 Å². The lowest BCUT2D eigenvalue weighted by molar-refractivity contribution is -0.147. The first-order chi connectivity index (χ1) is 18.5. The van der Waals surface area contributed by atoms with Crippen LogP contribution >= 0.6 is 0 Å². The summed E-state index contributed by atoms with van der Waals surface area (Å²) in [5.41, 5.74) is 6.17. The number of hydrogen-bond acceptors (Lipinski definition) is 6. The summed E-state index contributed by atoms with van der Waals surface area (Å²) < 4.78 is 11.1. The zero-order valence-electron chi connectivity index (χ0n) is 23.3. The minimum absolute atomic E-state index is 0.0193. The van der Waals surface area contributed by atoms with Crippen LogP contribution in [0.2, 0.25) is 0 Å². The van der Waals surface area contributed by atoms with Crippen LogP contribution in [0.5, 0.6) is 5.75 Å². The molecular formula is C30H40N4O5. The first kappa shape index (κ1) is 28.6. The second-order valence-corrected chi connectivity index (χ2v) is 11.3. The lowest BCUT2D eigenvalue weighted by atomic mass is 9.69. The number of nitrogens with zero attached hydrogens (tertiary/aromatic N) is 2. The molecule has 2 saturated heterocycles. The molecule has 3 N–H and O–H groups in total. The Balaban J connectivity index is 1.52. The molecule has 2 aliphatic rings. The van der Waals surface area contributed by atoms with E-state index >= 15 is 0 Å². The molecule has 1 spiro atoms. The molecule has 210 valence electrons. The fourth-order valence-electron chi connectivity index (χ4n) is 5.66. The molecule has 2 aromatic rings. The molecule has 2 aromatic carbocycles. The first-order valence-corrected chi connectivity index (χ1v) is 13.4. The molecule has 0 bridgehead atoms. The lowest BCUT2D eigenvalue weighted by Gasteiger charge is -2.43. The Bertz CT molecular complexity index is 1160. The van der Waals surface area contributed by atoms with Gasteiger partial charge < -0.3 is 30.3 Å². The van der Waals surface area contributed by atoms with Gasteiger partial charge in [0.1, 0.15) is 11.8 Å². The number of ether oxygens (including phenoxy) is 2. The number of methoxy groups -OCH3 is 1. The van der Waals surface area contributed by atoms with Crippen molar-refractivity contribution in [2.75, 3.05) is 40.4 Å². The van der Waals surface area contributed by atoms with Crippen molar-refractivity contribution < 1.29 is 23.9 Å². The summed E-state index contributed by atoms with van der Waals surface area (Å²) in [6.45, 7) is 4.84. The van der Waals surface area contributed by atoms with E-state index < -0.39 is 22.9 Å². The zero-order chi connectivity index (χ0) is 28.2. The minimum Gasteiger partial charge on any atom is -0.497 e. The number of amides is 3. The number of benzene rings is 2. The quantitative estimate of drug-likeness (QED) is 0.508. The first-order valence-electron chi connectivity index (χ1n) is 13.4. The molecule has 9 nitrogen and oxygen atoms in total. The third-order valence-corrected chi connectivity index (χ3v) is 7.83. The van der Waals surface area contributed by atoms with Crippen LogP contribution in [0.1, 0.15) is 43.7 Å². The highest BCUT2D eigenvalue weighted by atomic mass is 16.5. The molecular weight excluding hydrogens is 496 g/mol. The van der Waals surface area contributed by atoms with Gasteiger partial charge in [-0.1, -0.05) is 42.5 Å². The normalized spacial score (nSPS) is 22.2. The highest BCUT2D eigenvalue weighted by Crippen LogP contribution is 2.49. The molecule has 9 heteroatoms. The van der Waals surface area contributed by atoms with Crippen molar-refractivity contribution in [1.82, 2.24) is 15.1 Å². The van der Waals surface area contributed by atoms with Gasteiger partial charge in [0.2, 0.25) is 17.7 Å². The minimum atomic E-state index is -1.17. The number of likely N-dealkylation sites (N-methyl/N-ethyl adjacent to an activating group) is 1. The number of hydrogen-bond donors (Lipinski definition) is 2. The maximum Gasteiger partial charge on any atom is 0.247 e. The van der Waals surface area contributed by atoms with Gasteiger partial charge in [0.05, 0.1) is 31.3 Å². The molecule has 4 rings (SSSR count). The second kappa shape index (κ2) is 11.8. The van der Waals surface area contributed by atoms with Crippen LogP contribution in [0.15, 0.2) is 54.6 Å². The van der Waals surface area contributed by atoms with Gasteiger partial charge >= 0.3 is 0 Å². The van der Waals surface area contributed by atoms with Crippen molar-refractivity contribution in [3.05, 3.63) is 65.7 Å². The van der Waals surface area contributed by atoms with Crippen molar-refractivity contribution >= 4 is 17.7 Å². The molecule has 3 atom stereocenters. The average molecular weight is 537 g/mol. The summed E-state index contributed by atoms with van der Waals surface area (Å²) in [7, 11) is 3.43. The smallest absolute Gasteiger partial charge is 0.247 e. The number of nitrogens with one attached hydrogen (secondary N) is 1. The third-order valence-electron chi connectivity index (χ3n) is 7.83. The standard InChI is InChI=1S/C30H40N4O5/c1-29(2,31)27(36)32-25(19-39-18-21-11-13-23(38-4)14-12-21)26(35)34-16-8-15-30(20-34)24(17-33(3)28(30)37)22-9-6-5-7-10-22/h5-7,9-14,24-25H,8,15-20,31H2,1-4H3,(H,32,36). The van der Waals surface area contributed by atoms with E-state index in [1.54, 1.807) is 30.8 Å². The van der Waals surface area contributed by atoms with Gasteiger partial charge in [-0.3, -0.25) is 14.4 Å². The highest BCUT2D eigenvalue weighted by Gasteiger charge is 2.55. The maximum atomic E-state index is 13.9.